The predicted octanol–water partition coefficient (Wildman–Crippen LogP) is 1.01. The molecule has 1 aromatic rings. The maximum atomic E-state index is 12.4. The molecule has 120 valence electrons. The highest BCUT2D eigenvalue weighted by Crippen LogP contribution is 2.12. The predicted molar refractivity (Wildman–Crippen MR) is 87.0 cm³/mol. The molecule has 0 radical (unpaired) electrons. The van der Waals surface area contributed by atoms with E-state index >= 15 is 0 Å². The van der Waals surface area contributed by atoms with Crippen molar-refractivity contribution in [2.24, 2.45) is 5.73 Å². The van der Waals surface area contributed by atoms with Crippen molar-refractivity contribution in [3.05, 3.63) is 16.1 Å². The van der Waals surface area contributed by atoms with Crippen LogP contribution in [0.1, 0.15) is 28.8 Å². The van der Waals surface area contributed by atoms with Gasteiger partial charge in [-0.1, -0.05) is 6.92 Å². The molecule has 1 aromatic heterocycles. The summed E-state index contributed by atoms with van der Waals surface area (Å²) in [6.07, 6.45) is 1.47. The largest absolute Gasteiger partial charge is 0.347 e. The lowest BCUT2D eigenvalue weighted by Crippen LogP contribution is -2.40. The van der Waals surface area contributed by atoms with Crippen LogP contribution in [0.15, 0.2) is 5.38 Å². The fourth-order valence-corrected chi connectivity index (χ4v) is 2.42. The second-order valence-corrected chi connectivity index (χ2v) is 5.62. The van der Waals surface area contributed by atoms with Crippen LogP contribution >= 0.6 is 23.7 Å². The second-order valence-electron chi connectivity index (χ2n) is 4.68. The first-order chi connectivity index (χ1) is 9.49. The summed E-state index contributed by atoms with van der Waals surface area (Å²) < 4.78 is 0. The van der Waals surface area contributed by atoms with Gasteiger partial charge in [0, 0.05) is 32.4 Å². The van der Waals surface area contributed by atoms with Gasteiger partial charge >= 0.3 is 0 Å². The highest BCUT2D eigenvalue weighted by atomic mass is 35.5. The lowest BCUT2D eigenvalue weighted by molar-refractivity contribution is -0.129. The minimum Gasteiger partial charge on any atom is -0.347 e. The molecule has 0 aliphatic carbocycles. The summed E-state index contributed by atoms with van der Waals surface area (Å²) in [4.78, 5) is 31.5. The average molecular weight is 335 g/mol. The third-order valence-corrected chi connectivity index (χ3v) is 3.64. The Labute approximate surface area is 135 Å². The van der Waals surface area contributed by atoms with Crippen molar-refractivity contribution in [2.75, 3.05) is 33.7 Å². The monoisotopic (exact) mass is 334 g/mol. The number of thiazole rings is 1. The van der Waals surface area contributed by atoms with Gasteiger partial charge in [0.25, 0.3) is 5.91 Å². The molecule has 0 aliphatic rings. The minimum atomic E-state index is -0.193. The molecule has 1 rings (SSSR count). The number of rotatable bonds is 7. The van der Waals surface area contributed by atoms with E-state index in [1.54, 1.807) is 24.4 Å². The van der Waals surface area contributed by atoms with Gasteiger partial charge in [0.2, 0.25) is 5.91 Å². The average Bonchev–Trinajstić information content (AvgIpc) is 2.86. The Morgan fingerprint density at radius 1 is 1.38 bits per heavy atom. The summed E-state index contributed by atoms with van der Waals surface area (Å²) in [5.41, 5.74) is 5.88. The molecule has 0 aliphatic heterocycles. The van der Waals surface area contributed by atoms with Crippen molar-refractivity contribution in [1.29, 1.82) is 0 Å². The van der Waals surface area contributed by atoms with Gasteiger partial charge < -0.3 is 15.5 Å². The van der Waals surface area contributed by atoms with Gasteiger partial charge in [-0.25, -0.2) is 4.98 Å². The molecular formula is C13H23ClN4O2S. The number of halogens is 1. The zero-order valence-corrected chi connectivity index (χ0v) is 14.3. The topological polar surface area (TPSA) is 79.5 Å². The molecule has 2 N–H and O–H groups in total. The third-order valence-electron chi connectivity index (χ3n) is 2.73. The molecular weight excluding hydrogens is 312 g/mol. The SMILES string of the molecule is CCCN(CC(=O)N(C)C)C(=O)c1csc(CCN)n1.Cl. The van der Waals surface area contributed by atoms with Gasteiger partial charge in [0.1, 0.15) is 12.2 Å². The number of likely N-dealkylation sites (N-methyl/N-ethyl adjacent to an activating group) is 1. The molecule has 8 heteroatoms. The summed E-state index contributed by atoms with van der Waals surface area (Å²) in [5.74, 6) is -0.286. The Morgan fingerprint density at radius 3 is 2.57 bits per heavy atom. The van der Waals surface area contributed by atoms with Crippen LogP contribution in [0.4, 0.5) is 0 Å². The first-order valence-electron chi connectivity index (χ1n) is 6.63. The second kappa shape index (κ2) is 9.70. The standard InChI is InChI=1S/C13H22N4O2S.ClH/c1-4-7-17(8-12(18)16(2)3)13(19)10-9-20-11(15-10)5-6-14;/h9H,4-8,14H2,1-3H3;1H. The zero-order valence-electron chi connectivity index (χ0n) is 12.7. The molecule has 0 saturated carbocycles. The number of amides is 2. The molecule has 0 unspecified atom stereocenters. The van der Waals surface area contributed by atoms with Crippen molar-refractivity contribution >= 4 is 35.6 Å². The van der Waals surface area contributed by atoms with Gasteiger partial charge in [-0.05, 0) is 13.0 Å². The minimum absolute atomic E-state index is 0. The van der Waals surface area contributed by atoms with Crippen LogP contribution in [0, 0.1) is 0 Å². The van der Waals surface area contributed by atoms with E-state index in [9.17, 15) is 9.59 Å². The van der Waals surface area contributed by atoms with Gasteiger partial charge in [-0.15, -0.1) is 23.7 Å². The molecule has 0 fully saturated rings. The Balaban J connectivity index is 0.00000400. The number of nitrogens with two attached hydrogens (primary N) is 1. The molecule has 0 spiro atoms. The molecule has 6 nitrogen and oxygen atoms in total. The van der Waals surface area contributed by atoms with Crippen LogP contribution in [0.3, 0.4) is 0 Å². The lowest BCUT2D eigenvalue weighted by atomic mass is 10.3. The van der Waals surface area contributed by atoms with E-state index in [0.717, 1.165) is 11.4 Å². The van der Waals surface area contributed by atoms with Gasteiger partial charge in [0.05, 0.1) is 5.01 Å². The molecule has 0 atom stereocenters. The maximum absolute atomic E-state index is 12.4. The lowest BCUT2D eigenvalue weighted by Gasteiger charge is -2.22. The van der Waals surface area contributed by atoms with Crippen molar-refractivity contribution < 1.29 is 9.59 Å². The quantitative estimate of drug-likeness (QED) is 0.807. The van der Waals surface area contributed by atoms with E-state index in [1.807, 2.05) is 6.92 Å². The molecule has 1 heterocycles. The smallest absolute Gasteiger partial charge is 0.273 e. The van der Waals surface area contributed by atoms with E-state index in [-0.39, 0.29) is 30.8 Å². The number of aromatic nitrogens is 1. The molecule has 0 saturated heterocycles. The molecule has 21 heavy (non-hydrogen) atoms. The van der Waals surface area contributed by atoms with E-state index in [2.05, 4.69) is 4.98 Å². The van der Waals surface area contributed by atoms with Crippen LogP contribution in [-0.4, -0.2) is 60.3 Å². The number of carbonyl (C=O) groups is 2. The number of hydrogen-bond donors (Lipinski definition) is 1. The summed E-state index contributed by atoms with van der Waals surface area (Å²) in [6.45, 7) is 3.12. The van der Waals surface area contributed by atoms with Crippen LogP contribution in [0.2, 0.25) is 0 Å². The fourth-order valence-electron chi connectivity index (χ4n) is 1.64. The Bertz CT molecular complexity index is 465. The van der Waals surface area contributed by atoms with Crippen molar-refractivity contribution in [3.8, 4) is 0 Å². The first-order valence-corrected chi connectivity index (χ1v) is 7.51. The van der Waals surface area contributed by atoms with Gasteiger partial charge in [-0.3, -0.25) is 9.59 Å². The van der Waals surface area contributed by atoms with E-state index in [1.165, 1.54) is 16.2 Å². The van der Waals surface area contributed by atoms with Crippen LogP contribution in [0.5, 0.6) is 0 Å². The van der Waals surface area contributed by atoms with Crippen molar-refractivity contribution in [1.82, 2.24) is 14.8 Å². The fraction of sp³-hybridized carbons (Fsp3) is 0.615. The van der Waals surface area contributed by atoms with Crippen molar-refractivity contribution in [2.45, 2.75) is 19.8 Å². The first kappa shape index (κ1) is 19.8. The summed E-state index contributed by atoms with van der Waals surface area (Å²) in [5, 5.41) is 2.59. The Morgan fingerprint density at radius 2 is 2.05 bits per heavy atom. The third kappa shape index (κ3) is 5.99. The van der Waals surface area contributed by atoms with Gasteiger partial charge in [-0.2, -0.15) is 0 Å². The number of carbonyl (C=O) groups excluding carboxylic acids is 2. The van der Waals surface area contributed by atoms with E-state index in [0.29, 0.717) is 25.2 Å². The van der Waals surface area contributed by atoms with Crippen LogP contribution in [0.25, 0.3) is 0 Å². The number of hydrogen-bond acceptors (Lipinski definition) is 5. The van der Waals surface area contributed by atoms with Crippen LogP contribution in [-0.2, 0) is 11.2 Å². The van der Waals surface area contributed by atoms with E-state index in [4.69, 9.17) is 5.73 Å². The van der Waals surface area contributed by atoms with Gasteiger partial charge in [0.15, 0.2) is 0 Å². The Kier molecular flexibility index (Phi) is 9.16. The summed E-state index contributed by atoms with van der Waals surface area (Å²) in [7, 11) is 3.36. The van der Waals surface area contributed by atoms with Crippen LogP contribution < -0.4 is 5.73 Å². The highest BCUT2D eigenvalue weighted by molar-refractivity contribution is 7.09. The Hall–Kier alpha value is -1.18. The van der Waals surface area contributed by atoms with Crippen molar-refractivity contribution in [3.63, 3.8) is 0 Å². The number of nitrogens with zero attached hydrogens (tertiary/aromatic N) is 3. The van der Waals surface area contributed by atoms with E-state index < -0.39 is 0 Å². The normalized spacial score (nSPS) is 9.90. The summed E-state index contributed by atoms with van der Waals surface area (Å²) in [6, 6.07) is 0. The maximum Gasteiger partial charge on any atom is 0.273 e. The summed E-state index contributed by atoms with van der Waals surface area (Å²) >= 11 is 1.43. The molecule has 0 bridgehead atoms. The molecule has 2 amide bonds. The zero-order chi connectivity index (χ0) is 15.1. The molecule has 0 aromatic carbocycles. The highest BCUT2D eigenvalue weighted by Gasteiger charge is 2.21.